The first-order chi connectivity index (χ1) is 11.3. The van der Waals surface area contributed by atoms with Gasteiger partial charge >= 0.3 is 5.97 Å². The molecule has 1 aliphatic rings. The Balaban J connectivity index is 2.13. The normalized spacial score (nSPS) is 17.0. The molecule has 1 atom stereocenters. The molecule has 1 aliphatic heterocycles. The molecule has 0 spiro atoms. The van der Waals surface area contributed by atoms with Gasteiger partial charge in [-0.25, -0.2) is 13.2 Å². The zero-order valence-electron chi connectivity index (χ0n) is 13.1. The summed E-state index contributed by atoms with van der Waals surface area (Å²) in [6.07, 6.45) is 0. The van der Waals surface area contributed by atoms with Crippen LogP contribution in [-0.2, 0) is 25.0 Å². The van der Waals surface area contributed by atoms with Gasteiger partial charge in [0.15, 0.2) is 5.60 Å². The number of fused-ring (bicyclic) bond motifs is 2. The SMILES string of the molecule is CCOC(=O)C(C)(O)c1ccc2c(c1)S(=O)(=O)c1ccccc1O2. The van der Waals surface area contributed by atoms with Gasteiger partial charge in [-0.15, -0.1) is 0 Å². The molecule has 1 unspecified atom stereocenters. The summed E-state index contributed by atoms with van der Waals surface area (Å²) in [7, 11) is -3.81. The van der Waals surface area contributed by atoms with Gasteiger partial charge in [-0.2, -0.15) is 0 Å². The van der Waals surface area contributed by atoms with E-state index >= 15 is 0 Å². The zero-order chi connectivity index (χ0) is 17.5. The average Bonchev–Trinajstić information content (AvgIpc) is 2.55. The Morgan fingerprint density at radius 2 is 1.83 bits per heavy atom. The van der Waals surface area contributed by atoms with Crippen molar-refractivity contribution in [1.82, 2.24) is 0 Å². The minimum absolute atomic E-state index is 0.0467. The summed E-state index contributed by atoms with van der Waals surface area (Å²) >= 11 is 0. The number of para-hydroxylation sites is 1. The third kappa shape index (κ3) is 2.46. The first kappa shape index (κ1) is 16.5. The van der Waals surface area contributed by atoms with Crippen LogP contribution in [-0.4, -0.2) is 26.1 Å². The lowest BCUT2D eigenvalue weighted by Crippen LogP contribution is -2.34. The second-order valence-corrected chi connectivity index (χ2v) is 7.39. The van der Waals surface area contributed by atoms with Crippen LogP contribution < -0.4 is 4.74 Å². The number of rotatable bonds is 3. The zero-order valence-corrected chi connectivity index (χ0v) is 14.0. The van der Waals surface area contributed by atoms with Crippen LogP contribution >= 0.6 is 0 Å². The predicted octanol–water partition coefficient (Wildman–Crippen LogP) is 2.40. The number of aliphatic hydroxyl groups is 1. The predicted molar refractivity (Wildman–Crippen MR) is 84.6 cm³/mol. The van der Waals surface area contributed by atoms with Crippen molar-refractivity contribution in [2.45, 2.75) is 29.2 Å². The van der Waals surface area contributed by atoms with Crippen LogP contribution in [0.4, 0.5) is 0 Å². The number of carbonyl (C=O) groups excluding carboxylic acids is 1. The van der Waals surface area contributed by atoms with Gasteiger partial charge < -0.3 is 14.6 Å². The van der Waals surface area contributed by atoms with Gasteiger partial charge in [0.1, 0.15) is 21.3 Å². The van der Waals surface area contributed by atoms with E-state index < -0.39 is 21.4 Å². The van der Waals surface area contributed by atoms with Crippen LogP contribution in [0.15, 0.2) is 52.3 Å². The maximum atomic E-state index is 12.8. The molecule has 0 saturated heterocycles. The number of sulfone groups is 1. The van der Waals surface area contributed by atoms with E-state index in [-0.39, 0.29) is 33.5 Å². The molecule has 0 saturated carbocycles. The molecule has 6 nitrogen and oxygen atoms in total. The summed E-state index contributed by atoms with van der Waals surface area (Å²) in [4.78, 5) is 11.9. The summed E-state index contributed by atoms with van der Waals surface area (Å²) < 4.78 is 36.0. The molecule has 1 N–H and O–H groups in total. The van der Waals surface area contributed by atoms with Gasteiger partial charge in [0.05, 0.1) is 6.61 Å². The second-order valence-electron chi connectivity index (χ2n) is 5.51. The highest BCUT2D eigenvalue weighted by atomic mass is 32.2. The Morgan fingerprint density at radius 1 is 1.17 bits per heavy atom. The molecule has 1 heterocycles. The topological polar surface area (TPSA) is 89.9 Å². The number of hydrogen-bond acceptors (Lipinski definition) is 6. The maximum absolute atomic E-state index is 12.8. The Labute approximate surface area is 139 Å². The van der Waals surface area contributed by atoms with Crippen molar-refractivity contribution in [2.75, 3.05) is 6.61 Å². The van der Waals surface area contributed by atoms with Gasteiger partial charge in [0.2, 0.25) is 9.84 Å². The Hall–Kier alpha value is -2.38. The average molecular weight is 348 g/mol. The van der Waals surface area contributed by atoms with Crippen LogP contribution in [0.1, 0.15) is 19.4 Å². The van der Waals surface area contributed by atoms with Crippen molar-refractivity contribution in [1.29, 1.82) is 0 Å². The molecule has 7 heteroatoms. The Kier molecular flexibility index (Phi) is 3.85. The molecule has 0 fully saturated rings. The third-order valence-electron chi connectivity index (χ3n) is 3.83. The van der Waals surface area contributed by atoms with E-state index in [0.717, 1.165) is 0 Å². The molecule has 3 rings (SSSR count). The molecule has 0 radical (unpaired) electrons. The molecule has 2 aromatic rings. The van der Waals surface area contributed by atoms with Crippen molar-refractivity contribution in [3.63, 3.8) is 0 Å². The van der Waals surface area contributed by atoms with Crippen molar-refractivity contribution in [2.24, 2.45) is 0 Å². The molecule has 126 valence electrons. The molecule has 0 amide bonds. The summed E-state index contributed by atoms with van der Waals surface area (Å²) in [6, 6.07) is 10.4. The van der Waals surface area contributed by atoms with E-state index in [9.17, 15) is 18.3 Å². The van der Waals surface area contributed by atoms with E-state index in [1.54, 1.807) is 25.1 Å². The minimum atomic E-state index is -3.81. The molecule has 24 heavy (non-hydrogen) atoms. The van der Waals surface area contributed by atoms with Crippen molar-refractivity contribution in [3.8, 4) is 11.5 Å². The second kappa shape index (κ2) is 5.61. The first-order valence-electron chi connectivity index (χ1n) is 7.34. The lowest BCUT2D eigenvalue weighted by atomic mass is 9.96. The highest BCUT2D eigenvalue weighted by molar-refractivity contribution is 7.91. The summed E-state index contributed by atoms with van der Waals surface area (Å²) in [6.45, 7) is 2.99. The van der Waals surface area contributed by atoms with Gasteiger partial charge in [0, 0.05) is 0 Å². The van der Waals surface area contributed by atoms with Crippen LogP contribution in [0.2, 0.25) is 0 Å². The third-order valence-corrected chi connectivity index (χ3v) is 5.64. The minimum Gasteiger partial charge on any atom is -0.464 e. The molecular weight excluding hydrogens is 332 g/mol. The maximum Gasteiger partial charge on any atom is 0.342 e. The van der Waals surface area contributed by atoms with Crippen LogP contribution in [0.3, 0.4) is 0 Å². The van der Waals surface area contributed by atoms with Gasteiger partial charge in [-0.05, 0) is 43.7 Å². The molecule has 0 aliphatic carbocycles. The molecule has 0 bridgehead atoms. The lowest BCUT2D eigenvalue weighted by molar-refractivity contribution is -0.164. The first-order valence-corrected chi connectivity index (χ1v) is 8.83. The number of benzene rings is 2. The van der Waals surface area contributed by atoms with Crippen molar-refractivity contribution in [3.05, 3.63) is 48.0 Å². The fourth-order valence-electron chi connectivity index (χ4n) is 2.49. The number of ether oxygens (including phenoxy) is 2. The number of carbonyl (C=O) groups is 1. The molecule has 0 aromatic heterocycles. The summed E-state index contributed by atoms with van der Waals surface area (Å²) in [5.41, 5.74) is -1.84. The van der Waals surface area contributed by atoms with E-state index in [1.165, 1.54) is 31.2 Å². The van der Waals surface area contributed by atoms with Gasteiger partial charge in [-0.1, -0.05) is 18.2 Å². The molecule has 2 aromatic carbocycles. The highest BCUT2D eigenvalue weighted by Gasteiger charge is 2.38. The summed E-state index contributed by atoms with van der Waals surface area (Å²) in [5, 5.41) is 10.4. The number of hydrogen-bond donors (Lipinski definition) is 1. The van der Waals surface area contributed by atoms with Crippen molar-refractivity contribution < 1.29 is 27.8 Å². The quantitative estimate of drug-likeness (QED) is 0.731. The van der Waals surface area contributed by atoms with Crippen LogP contribution in [0.5, 0.6) is 11.5 Å². The van der Waals surface area contributed by atoms with E-state index in [4.69, 9.17) is 9.47 Å². The monoisotopic (exact) mass is 348 g/mol. The lowest BCUT2D eigenvalue weighted by Gasteiger charge is -2.25. The van der Waals surface area contributed by atoms with Crippen LogP contribution in [0.25, 0.3) is 0 Å². The smallest absolute Gasteiger partial charge is 0.342 e. The van der Waals surface area contributed by atoms with Crippen molar-refractivity contribution >= 4 is 15.8 Å². The molecular formula is C17H16O6S. The summed E-state index contributed by atoms with van der Waals surface area (Å²) in [5.74, 6) is -0.452. The highest BCUT2D eigenvalue weighted by Crippen LogP contribution is 2.43. The fraction of sp³-hybridized carbons (Fsp3) is 0.235. The standard InChI is InChI=1S/C17H16O6S/c1-3-22-16(18)17(2,19)11-8-9-13-15(10-11)24(20,21)14-7-5-4-6-12(14)23-13/h4-10,19H,3H2,1-2H3. The van der Waals surface area contributed by atoms with Gasteiger partial charge in [-0.3, -0.25) is 0 Å². The van der Waals surface area contributed by atoms with Gasteiger partial charge in [0.25, 0.3) is 0 Å². The fourth-order valence-corrected chi connectivity index (χ4v) is 4.01. The van der Waals surface area contributed by atoms with E-state index in [2.05, 4.69) is 0 Å². The number of esters is 1. The van der Waals surface area contributed by atoms with E-state index in [0.29, 0.717) is 0 Å². The van der Waals surface area contributed by atoms with Crippen LogP contribution in [0, 0.1) is 0 Å². The Bertz CT molecular complexity index is 914. The largest absolute Gasteiger partial charge is 0.464 e. The van der Waals surface area contributed by atoms with E-state index in [1.807, 2.05) is 0 Å². The Morgan fingerprint density at radius 3 is 2.54 bits per heavy atom.